The zero-order chi connectivity index (χ0) is 31.6. The SMILES string of the molecule is Cc1cccc(/C=C(\NC(=O)c2ccccc2)C(=O)Nc2ccc(SC(C(=O)Nc3ccccc3F)c3ccccc3)cc2)c1. The molecule has 0 aromatic heterocycles. The van der Waals surface area contributed by atoms with E-state index in [-0.39, 0.29) is 17.3 Å². The molecule has 224 valence electrons. The molecule has 0 saturated heterocycles. The zero-order valence-electron chi connectivity index (χ0n) is 24.4. The molecule has 3 amide bonds. The Hall–Kier alpha value is -5.47. The van der Waals surface area contributed by atoms with E-state index in [2.05, 4.69) is 16.0 Å². The van der Waals surface area contributed by atoms with Crippen LogP contribution in [0, 0.1) is 12.7 Å². The molecule has 8 heteroatoms. The second-order valence-corrected chi connectivity index (χ2v) is 11.3. The van der Waals surface area contributed by atoms with Crippen molar-refractivity contribution >= 4 is 46.9 Å². The Labute approximate surface area is 265 Å². The maximum Gasteiger partial charge on any atom is 0.272 e. The van der Waals surface area contributed by atoms with E-state index in [9.17, 15) is 18.8 Å². The number of para-hydroxylation sites is 1. The first-order valence-electron chi connectivity index (χ1n) is 14.2. The van der Waals surface area contributed by atoms with Crippen LogP contribution in [0.5, 0.6) is 0 Å². The van der Waals surface area contributed by atoms with E-state index < -0.39 is 22.9 Å². The lowest BCUT2D eigenvalue weighted by Crippen LogP contribution is -2.30. The maximum atomic E-state index is 14.3. The lowest BCUT2D eigenvalue weighted by molar-refractivity contribution is -0.116. The van der Waals surface area contributed by atoms with Gasteiger partial charge in [0.25, 0.3) is 11.8 Å². The molecule has 0 aliphatic carbocycles. The predicted molar refractivity (Wildman–Crippen MR) is 178 cm³/mol. The highest BCUT2D eigenvalue weighted by Crippen LogP contribution is 2.37. The van der Waals surface area contributed by atoms with E-state index >= 15 is 0 Å². The first kappa shape index (κ1) is 31.0. The van der Waals surface area contributed by atoms with E-state index in [1.54, 1.807) is 66.7 Å². The van der Waals surface area contributed by atoms with Crippen LogP contribution in [0.3, 0.4) is 0 Å². The summed E-state index contributed by atoms with van der Waals surface area (Å²) in [5, 5.41) is 7.64. The summed E-state index contributed by atoms with van der Waals surface area (Å²) in [6, 6.07) is 38.6. The molecule has 1 unspecified atom stereocenters. The molecule has 6 nitrogen and oxygen atoms in total. The second-order valence-electron chi connectivity index (χ2n) is 10.1. The number of benzene rings is 5. The third-order valence-corrected chi connectivity index (χ3v) is 7.99. The highest BCUT2D eigenvalue weighted by atomic mass is 32.2. The third-order valence-electron chi connectivity index (χ3n) is 6.72. The number of nitrogens with one attached hydrogen (secondary N) is 3. The summed E-state index contributed by atoms with van der Waals surface area (Å²) in [4.78, 5) is 40.4. The van der Waals surface area contributed by atoms with Gasteiger partial charge in [0.15, 0.2) is 0 Å². The fourth-order valence-corrected chi connectivity index (χ4v) is 5.51. The molecular weight excluding hydrogens is 585 g/mol. The Morgan fingerprint density at radius 1 is 0.733 bits per heavy atom. The van der Waals surface area contributed by atoms with E-state index in [0.29, 0.717) is 11.3 Å². The van der Waals surface area contributed by atoms with Crippen molar-refractivity contribution in [2.24, 2.45) is 0 Å². The van der Waals surface area contributed by atoms with Crippen molar-refractivity contribution < 1.29 is 18.8 Å². The number of rotatable bonds is 10. The molecule has 0 radical (unpaired) electrons. The fourth-order valence-electron chi connectivity index (χ4n) is 4.48. The Kier molecular flexibility index (Phi) is 10.2. The predicted octanol–water partition coefficient (Wildman–Crippen LogP) is 8.02. The van der Waals surface area contributed by atoms with Crippen LogP contribution in [-0.2, 0) is 9.59 Å². The van der Waals surface area contributed by atoms with Gasteiger partial charge in [0.05, 0.1) is 5.69 Å². The number of amides is 3. The standard InChI is InChI=1S/C37H30FN3O3S/c1-25-11-10-12-26(23-25)24-33(41-35(42)28-15-6-3-7-16-28)36(43)39-29-19-21-30(22-20-29)45-34(27-13-4-2-5-14-27)37(44)40-32-18-9-8-17-31(32)38/h2-24,34H,1H3,(H,39,43)(H,40,44)(H,41,42)/b33-24-. The monoisotopic (exact) mass is 615 g/mol. The van der Waals surface area contributed by atoms with Crippen molar-refractivity contribution in [3.05, 3.63) is 167 Å². The lowest BCUT2D eigenvalue weighted by atomic mass is 10.1. The van der Waals surface area contributed by atoms with Gasteiger partial charge in [-0.05, 0) is 72.7 Å². The molecule has 0 heterocycles. The minimum atomic E-state index is -0.664. The van der Waals surface area contributed by atoms with Gasteiger partial charge in [-0.1, -0.05) is 90.5 Å². The van der Waals surface area contributed by atoms with E-state index in [4.69, 9.17) is 0 Å². The van der Waals surface area contributed by atoms with Crippen molar-refractivity contribution in [2.45, 2.75) is 17.1 Å². The normalized spacial score (nSPS) is 11.7. The van der Waals surface area contributed by atoms with Crippen molar-refractivity contribution in [1.29, 1.82) is 0 Å². The molecule has 3 N–H and O–H groups in total. The lowest BCUT2D eigenvalue weighted by Gasteiger charge is -2.18. The molecule has 0 saturated carbocycles. The van der Waals surface area contributed by atoms with Crippen LogP contribution in [0.4, 0.5) is 15.8 Å². The van der Waals surface area contributed by atoms with Crippen molar-refractivity contribution in [1.82, 2.24) is 5.32 Å². The molecular formula is C37H30FN3O3S. The van der Waals surface area contributed by atoms with Gasteiger partial charge < -0.3 is 16.0 Å². The topological polar surface area (TPSA) is 87.3 Å². The second kappa shape index (κ2) is 14.8. The Bertz CT molecular complexity index is 1830. The van der Waals surface area contributed by atoms with Crippen LogP contribution in [-0.4, -0.2) is 17.7 Å². The summed E-state index contributed by atoms with van der Waals surface area (Å²) in [5.41, 5.74) is 3.66. The van der Waals surface area contributed by atoms with Crippen LogP contribution < -0.4 is 16.0 Å². The Balaban J connectivity index is 1.33. The maximum absolute atomic E-state index is 14.3. The number of hydrogen-bond donors (Lipinski definition) is 3. The van der Waals surface area contributed by atoms with Crippen molar-refractivity contribution in [3.8, 4) is 0 Å². The minimum absolute atomic E-state index is 0.0851. The largest absolute Gasteiger partial charge is 0.322 e. The molecule has 1 atom stereocenters. The van der Waals surface area contributed by atoms with Crippen LogP contribution in [0.25, 0.3) is 6.08 Å². The highest BCUT2D eigenvalue weighted by Gasteiger charge is 2.23. The van der Waals surface area contributed by atoms with Gasteiger partial charge in [-0.3, -0.25) is 14.4 Å². The summed E-state index contributed by atoms with van der Waals surface area (Å²) < 4.78 is 14.3. The van der Waals surface area contributed by atoms with Gasteiger partial charge in [0.1, 0.15) is 16.8 Å². The van der Waals surface area contributed by atoms with Gasteiger partial charge in [0.2, 0.25) is 5.91 Å². The quantitative estimate of drug-likeness (QED) is 0.110. The average molecular weight is 616 g/mol. The summed E-state index contributed by atoms with van der Waals surface area (Å²) in [6.45, 7) is 1.95. The summed E-state index contributed by atoms with van der Waals surface area (Å²) in [7, 11) is 0. The van der Waals surface area contributed by atoms with E-state index in [0.717, 1.165) is 21.6 Å². The number of hydrogen-bond acceptors (Lipinski definition) is 4. The minimum Gasteiger partial charge on any atom is -0.322 e. The molecule has 0 fully saturated rings. The summed E-state index contributed by atoms with van der Waals surface area (Å²) >= 11 is 1.30. The van der Waals surface area contributed by atoms with Crippen LogP contribution in [0.1, 0.15) is 32.3 Å². The van der Waals surface area contributed by atoms with Gasteiger partial charge in [-0.2, -0.15) is 0 Å². The Morgan fingerprint density at radius 3 is 2.09 bits per heavy atom. The molecule has 0 aliphatic heterocycles. The number of aryl methyl sites for hydroxylation is 1. The number of halogens is 1. The van der Waals surface area contributed by atoms with Crippen molar-refractivity contribution in [2.75, 3.05) is 10.6 Å². The summed E-state index contributed by atoms with van der Waals surface area (Å²) in [6.07, 6.45) is 1.63. The molecule has 5 rings (SSSR count). The van der Waals surface area contributed by atoms with Crippen LogP contribution in [0.2, 0.25) is 0 Å². The molecule has 45 heavy (non-hydrogen) atoms. The molecule has 0 aliphatic rings. The van der Waals surface area contributed by atoms with E-state index in [1.165, 1.54) is 23.9 Å². The van der Waals surface area contributed by atoms with Crippen molar-refractivity contribution in [3.63, 3.8) is 0 Å². The van der Waals surface area contributed by atoms with Gasteiger partial charge in [0, 0.05) is 16.1 Å². The highest BCUT2D eigenvalue weighted by molar-refractivity contribution is 8.00. The smallest absolute Gasteiger partial charge is 0.272 e. The fraction of sp³-hybridized carbons (Fsp3) is 0.0541. The van der Waals surface area contributed by atoms with Gasteiger partial charge in [-0.25, -0.2) is 4.39 Å². The average Bonchev–Trinajstić information content (AvgIpc) is 3.06. The zero-order valence-corrected chi connectivity index (χ0v) is 25.2. The summed E-state index contributed by atoms with van der Waals surface area (Å²) in [5.74, 6) is -1.78. The molecule has 0 spiro atoms. The Morgan fingerprint density at radius 2 is 1.40 bits per heavy atom. The number of carbonyl (C=O) groups excluding carboxylic acids is 3. The first-order valence-corrected chi connectivity index (χ1v) is 15.1. The first-order chi connectivity index (χ1) is 21.9. The molecule has 0 bridgehead atoms. The van der Waals surface area contributed by atoms with Crippen LogP contribution in [0.15, 0.2) is 144 Å². The number of thioether (sulfide) groups is 1. The van der Waals surface area contributed by atoms with Crippen LogP contribution >= 0.6 is 11.8 Å². The van der Waals surface area contributed by atoms with Gasteiger partial charge in [-0.15, -0.1) is 11.8 Å². The number of carbonyl (C=O) groups is 3. The van der Waals surface area contributed by atoms with E-state index in [1.807, 2.05) is 67.6 Å². The third kappa shape index (κ3) is 8.55. The van der Waals surface area contributed by atoms with Gasteiger partial charge >= 0.3 is 0 Å². The number of anilines is 2. The molecule has 5 aromatic carbocycles. The molecule has 5 aromatic rings.